The third-order valence-electron chi connectivity index (χ3n) is 2.92. The molecule has 0 aromatic rings. The highest BCUT2D eigenvalue weighted by molar-refractivity contribution is 5.98. The summed E-state index contributed by atoms with van der Waals surface area (Å²) in [4.78, 5) is 3.85. The standard InChI is InChI=1S/C15H21F3N2/c1-3-5-12(8-11(16)4-2)20-14(15(17)18)9-13(19)10-6-7-10/h3,5,8-11,15H,4,6-7,19H2,1-2H3/b5-3-,12-8+,13-9?,20-14?. The number of rotatable bonds is 7. The molecule has 2 nitrogen and oxygen atoms in total. The lowest BCUT2D eigenvalue weighted by atomic mass is 10.2. The molecular weight excluding hydrogens is 265 g/mol. The second-order valence-corrected chi connectivity index (χ2v) is 4.77. The van der Waals surface area contributed by atoms with Crippen LogP contribution in [0.2, 0.25) is 0 Å². The van der Waals surface area contributed by atoms with E-state index in [2.05, 4.69) is 4.99 Å². The van der Waals surface area contributed by atoms with Crippen molar-refractivity contribution < 1.29 is 13.2 Å². The summed E-state index contributed by atoms with van der Waals surface area (Å²) in [5, 5.41) is 0. The predicted molar refractivity (Wildman–Crippen MR) is 76.5 cm³/mol. The molecule has 112 valence electrons. The fraction of sp³-hybridized carbons (Fsp3) is 0.533. The van der Waals surface area contributed by atoms with Crippen LogP contribution in [0.3, 0.4) is 0 Å². The summed E-state index contributed by atoms with van der Waals surface area (Å²) in [6, 6.07) is 0. The zero-order chi connectivity index (χ0) is 15.1. The molecule has 1 aliphatic rings. The molecule has 1 saturated carbocycles. The molecule has 1 rings (SSSR count). The number of hydrogen-bond donors (Lipinski definition) is 1. The van der Waals surface area contributed by atoms with Gasteiger partial charge >= 0.3 is 0 Å². The van der Waals surface area contributed by atoms with Crippen LogP contribution >= 0.6 is 0 Å². The van der Waals surface area contributed by atoms with Gasteiger partial charge in [-0.15, -0.1) is 0 Å². The van der Waals surface area contributed by atoms with Crippen LogP contribution in [-0.2, 0) is 0 Å². The topological polar surface area (TPSA) is 38.4 Å². The summed E-state index contributed by atoms with van der Waals surface area (Å²) in [6.45, 7) is 3.40. The molecule has 0 spiro atoms. The number of hydrogen-bond acceptors (Lipinski definition) is 2. The van der Waals surface area contributed by atoms with Crippen LogP contribution in [0.15, 0.2) is 40.7 Å². The lowest BCUT2D eigenvalue weighted by Gasteiger charge is -2.05. The molecule has 0 aliphatic heterocycles. The van der Waals surface area contributed by atoms with E-state index in [1.165, 1.54) is 18.2 Å². The van der Waals surface area contributed by atoms with Gasteiger partial charge in [-0.05, 0) is 50.3 Å². The van der Waals surface area contributed by atoms with Crippen LogP contribution in [-0.4, -0.2) is 18.3 Å². The van der Waals surface area contributed by atoms with Crippen LogP contribution in [0.1, 0.15) is 33.1 Å². The second kappa shape index (κ2) is 7.92. The van der Waals surface area contributed by atoms with Crippen LogP contribution in [0.4, 0.5) is 13.2 Å². The monoisotopic (exact) mass is 286 g/mol. The maximum atomic E-state index is 13.4. The Morgan fingerprint density at radius 1 is 1.35 bits per heavy atom. The van der Waals surface area contributed by atoms with Gasteiger partial charge in [0, 0.05) is 5.70 Å². The predicted octanol–water partition coefficient (Wildman–Crippen LogP) is 4.15. The van der Waals surface area contributed by atoms with E-state index in [0.29, 0.717) is 5.70 Å². The fourth-order valence-corrected chi connectivity index (χ4v) is 1.60. The summed E-state index contributed by atoms with van der Waals surface area (Å²) in [5.41, 5.74) is 5.93. The molecule has 2 N–H and O–H groups in total. The lowest BCUT2D eigenvalue weighted by molar-refractivity contribution is 0.226. The van der Waals surface area contributed by atoms with E-state index in [4.69, 9.17) is 5.73 Å². The summed E-state index contributed by atoms with van der Waals surface area (Å²) < 4.78 is 39.3. The highest BCUT2D eigenvalue weighted by Crippen LogP contribution is 2.33. The number of nitrogens with two attached hydrogens (primary N) is 1. The van der Waals surface area contributed by atoms with Gasteiger partial charge < -0.3 is 5.73 Å². The first-order chi connectivity index (χ1) is 9.47. The minimum atomic E-state index is -2.74. The van der Waals surface area contributed by atoms with Gasteiger partial charge in [-0.2, -0.15) is 0 Å². The molecule has 0 bridgehead atoms. The molecule has 1 unspecified atom stereocenters. The molecule has 1 aliphatic carbocycles. The van der Waals surface area contributed by atoms with Crippen molar-refractivity contribution in [1.29, 1.82) is 0 Å². The molecule has 0 saturated heterocycles. The van der Waals surface area contributed by atoms with Gasteiger partial charge in [-0.1, -0.05) is 13.0 Å². The average Bonchev–Trinajstić information content (AvgIpc) is 3.21. The van der Waals surface area contributed by atoms with E-state index >= 15 is 0 Å². The molecule has 0 radical (unpaired) electrons. The van der Waals surface area contributed by atoms with Gasteiger partial charge in [0.1, 0.15) is 11.9 Å². The first-order valence-electron chi connectivity index (χ1n) is 6.80. The minimum Gasteiger partial charge on any atom is -0.402 e. The van der Waals surface area contributed by atoms with E-state index in [-0.39, 0.29) is 18.0 Å². The Bertz CT molecular complexity index is 432. The maximum Gasteiger partial charge on any atom is 0.280 e. The molecule has 0 aromatic carbocycles. The first-order valence-corrected chi connectivity index (χ1v) is 6.80. The molecule has 20 heavy (non-hydrogen) atoms. The van der Waals surface area contributed by atoms with E-state index < -0.39 is 18.3 Å². The van der Waals surface area contributed by atoms with Gasteiger partial charge in [0.05, 0.1) is 5.70 Å². The summed E-state index contributed by atoms with van der Waals surface area (Å²) in [5.74, 6) is 0.192. The second-order valence-electron chi connectivity index (χ2n) is 4.77. The highest BCUT2D eigenvalue weighted by atomic mass is 19.3. The number of halogens is 3. The largest absolute Gasteiger partial charge is 0.402 e. The van der Waals surface area contributed by atoms with Crippen molar-refractivity contribution in [2.45, 2.75) is 45.7 Å². The fourth-order valence-electron chi connectivity index (χ4n) is 1.60. The highest BCUT2D eigenvalue weighted by Gasteiger charge is 2.25. The van der Waals surface area contributed by atoms with Gasteiger partial charge in [-0.3, -0.25) is 0 Å². The van der Waals surface area contributed by atoms with Crippen LogP contribution < -0.4 is 5.73 Å². The third kappa shape index (κ3) is 5.63. The van der Waals surface area contributed by atoms with Crippen molar-refractivity contribution >= 4 is 5.71 Å². The molecule has 5 heteroatoms. The Morgan fingerprint density at radius 2 is 2.00 bits per heavy atom. The number of allylic oxidation sites excluding steroid dienone is 5. The first kappa shape index (κ1) is 16.5. The van der Waals surface area contributed by atoms with E-state index in [9.17, 15) is 13.2 Å². The van der Waals surface area contributed by atoms with Crippen LogP contribution in [0.25, 0.3) is 0 Å². The zero-order valence-corrected chi connectivity index (χ0v) is 11.8. The van der Waals surface area contributed by atoms with Gasteiger partial charge in [-0.25, -0.2) is 18.2 Å². The van der Waals surface area contributed by atoms with Crippen molar-refractivity contribution in [3.05, 3.63) is 35.7 Å². The van der Waals surface area contributed by atoms with Gasteiger partial charge in [0.25, 0.3) is 6.43 Å². The third-order valence-corrected chi connectivity index (χ3v) is 2.92. The van der Waals surface area contributed by atoms with Crippen molar-refractivity contribution in [2.75, 3.05) is 0 Å². The molecule has 0 heterocycles. The average molecular weight is 286 g/mol. The number of alkyl halides is 3. The zero-order valence-electron chi connectivity index (χ0n) is 11.8. The van der Waals surface area contributed by atoms with Crippen molar-refractivity contribution in [3.8, 4) is 0 Å². The van der Waals surface area contributed by atoms with Crippen LogP contribution in [0.5, 0.6) is 0 Å². The Kier molecular flexibility index (Phi) is 6.55. The Labute approximate surface area is 118 Å². The van der Waals surface area contributed by atoms with Gasteiger partial charge in [0.15, 0.2) is 0 Å². The molecule has 1 atom stereocenters. The lowest BCUT2D eigenvalue weighted by Crippen LogP contribution is -2.12. The normalized spacial score (nSPS) is 20.0. The van der Waals surface area contributed by atoms with E-state index in [0.717, 1.165) is 12.8 Å². The molecule has 1 fully saturated rings. The molecule has 0 aromatic heterocycles. The number of aliphatic imine (C=N–C) groups is 1. The molecule has 0 amide bonds. The van der Waals surface area contributed by atoms with E-state index in [1.54, 1.807) is 19.9 Å². The summed E-state index contributed by atoms with van der Waals surface area (Å²) >= 11 is 0. The molecular formula is C15H21F3N2. The summed E-state index contributed by atoms with van der Waals surface area (Å²) in [6.07, 6.45) is 3.80. The summed E-state index contributed by atoms with van der Waals surface area (Å²) in [7, 11) is 0. The Hall–Kier alpha value is -1.52. The SMILES string of the molecule is C/C=C\C(=C/C(F)CC)N=C(C=C(N)C1CC1)C(F)F. The van der Waals surface area contributed by atoms with E-state index in [1.807, 2.05) is 0 Å². The minimum absolute atomic E-state index is 0.192. The number of nitrogens with zero attached hydrogens (tertiary/aromatic N) is 1. The van der Waals surface area contributed by atoms with Crippen molar-refractivity contribution in [1.82, 2.24) is 0 Å². The Morgan fingerprint density at radius 3 is 2.45 bits per heavy atom. The Balaban J connectivity index is 3.02. The quantitative estimate of drug-likeness (QED) is 0.554. The smallest absolute Gasteiger partial charge is 0.280 e. The maximum absolute atomic E-state index is 13.4. The van der Waals surface area contributed by atoms with Crippen molar-refractivity contribution in [2.24, 2.45) is 16.6 Å². The van der Waals surface area contributed by atoms with Gasteiger partial charge in [0.2, 0.25) is 0 Å². The van der Waals surface area contributed by atoms with Crippen LogP contribution in [0, 0.1) is 5.92 Å². The van der Waals surface area contributed by atoms with Crippen molar-refractivity contribution in [3.63, 3.8) is 0 Å².